The third kappa shape index (κ3) is 13.0. The van der Waals surface area contributed by atoms with Gasteiger partial charge in [-0.15, -0.1) is 0 Å². The van der Waals surface area contributed by atoms with Crippen LogP contribution in [0.25, 0.3) is 0 Å². The van der Waals surface area contributed by atoms with Crippen molar-refractivity contribution < 1.29 is 19.1 Å². The summed E-state index contributed by atoms with van der Waals surface area (Å²) in [6, 6.07) is 0. The summed E-state index contributed by atoms with van der Waals surface area (Å²) >= 11 is 0. The molecular formula is C14H27NO4. The van der Waals surface area contributed by atoms with Gasteiger partial charge in [-0.2, -0.15) is 0 Å². The highest BCUT2D eigenvalue weighted by atomic mass is 16.5. The van der Waals surface area contributed by atoms with Crippen molar-refractivity contribution in [3.8, 4) is 0 Å². The fourth-order valence-electron chi connectivity index (χ4n) is 1.69. The van der Waals surface area contributed by atoms with E-state index in [-0.39, 0.29) is 6.54 Å². The Hall–Kier alpha value is -1.26. The van der Waals surface area contributed by atoms with Crippen molar-refractivity contribution in [1.82, 2.24) is 5.32 Å². The van der Waals surface area contributed by atoms with E-state index in [1.165, 1.54) is 45.6 Å². The van der Waals surface area contributed by atoms with E-state index in [0.717, 1.165) is 12.8 Å². The normalized spacial score (nSPS) is 10.0. The van der Waals surface area contributed by atoms with Gasteiger partial charge in [-0.3, -0.25) is 4.79 Å². The number of carbonyl (C=O) groups excluding carboxylic acids is 2. The summed E-state index contributed by atoms with van der Waals surface area (Å²) in [6.45, 7) is 2.50. The SMILES string of the molecule is CCCCCCCCCCOC(=O)CNC(=O)OC. The van der Waals surface area contributed by atoms with Crippen LogP contribution < -0.4 is 5.32 Å². The summed E-state index contributed by atoms with van der Waals surface area (Å²) in [5.74, 6) is -0.423. The van der Waals surface area contributed by atoms with Gasteiger partial charge < -0.3 is 14.8 Å². The van der Waals surface area contributed by atoms with Gasteiger partial charge in [-0.1, -0.05) is 51.9 Å². The largest absolute Gasteiger partial charge is 0.464 e. The summed E-state index contributed by atoms with van der Waals surface area (Å²) < 4.78 is 9.31. The molecule has 0 aliphatic heterocycles. The summed E-state index contributed by atoms with van der Waals surface area (Å²) in [4.78, 5) is 21.9. The van der Waals surface area contributed by atoms with Crippen LogP contribution in [0.2, 0.25) is 0 Å². The highest BCUT2D eigenvalue weighted by Gasteiger charge is 2.05. The van der Waals surface area contributed by atoms with Crippen molar-refractivity contribution in [3.63, 3.8) is 0 Å². The van der Waals surface area contributed by atoms with Crippen LogP contribution in [0.5, 0.6) is 0 Å². The molecule has 0 bridgehead atoms. The Labute approximate surface area is 116 Å². The van der Waals surface area contributed by atoms with Gasteiger partial charge in [0.2, 0.25) is 0 Å². The van der Waals surface area contributed by atoms with Crippen molar-refractivity contribution in [1.29, 1.82) is 0 Å². The maximum atomic E-state index is 11.2. The quantitative estimate of drug-likeness (QED) is 0.464. The van der Waals surface area contributed by atoms with Gasteiger partial charge in [0.15, 0.2) is 0 Å². The predicted molar refractivity (Wildman–Crippen MR) is 74.0 cm³/mol. The van der Waals surface area contributed by atoms with Gasteiger partial charge in [0.1, 0.15) is 6.54 Å². The molecule has 0 heterocycles. The molecule has 5 nitrogen and oxygen atoms in total. The maximum Gasteiger partial charge on any atom is 0.407 e. The molecule has 0 atom stereocenters. The number of hydrogen-bond donors (Lipinski definition) is 1. The Kier molecular flexibility index (Phi) is 12.3. The van der Waals surface area contributed by atoms with Crippen LogP contribution in [0.3, 0.4) is 0 Å². The molecule has 1 amide bonds. The third-order valence-electron chi connectivity index (χ3n) is 2.82. The minimum atomic E-state index is -0.621. The van der Waals surface area contributed by atoms with Crippen LogP contribution in [-0.4, -0.2) is 32.3 Å². The van der Waals surface area contributed by atoms with Crippen LogP contribution in [0.15, 0.2) is 0 Å². The van der Waals surface area contributed by atoms with Crippen LogP contribution >= 0.6 is 0 Å². The predicted octanol–water partition coefficient (Wildman–Crippen LogP) is 3.03. The lowest BCUT2D eigenvalue weighted by Gasteiger charge is -2.05. The van der Waals surface area contributed by atoms with E-state index in [4.69, 9.17) is 4.74 Å². The molecule has 0 aromatic carbocycles. The molecule has 0 aromatic heterocycles. The first-order valence-corrected chi connectivity index (χ1v) is 7.18. The summed E-state index contributed by atoms with van der Waals surface area (Å²) in [5, 5.41) is 2.28. The van der Waals surface area contributed by atoms with E-state index in [0.29, 0.717) is 6.61 Å². The number of carbonyl (C=O) groups is 2. The van der Waals surface area contributed by atoms with E-state index in [2.05, 4.69) is 17.0 Å². The zero-order valence-electron chi connectivity index (χ0n) is 12.2. The Morgan fingerprint density at radius 3 is 2.11 bits per heavy atom. The Morgan fingerprint density at radius 2 is 1.53 bits per heavy atom. The molecule has 0 saturated carbocycles. The smallest absolute Gasteiger partial charge is 0.407 e. The number of nitrogens with one attached hydrogen (secondary N) is 1. The number of unbranched alkanes of at least 4 members (excludes halogenated alkanes) is 7. The average Bonchev–Trinajstić information content (AvgIpc) is 2.42. The number of hydrogen-bond acceptors (Lipinski definition) is 4. The van der Waals surface area contributed by atoms with Crippen LogP contribution in [0.1, 0.15) is 58.3 Å². The lowest BCUT2D eigenvalue weighted by Crippen LogP contribution is -2.30. The fourth-order valence-corrected chi connectivity index (χ4v) is 1.69. The average molecular weight is 273 g/mol. The molecule has 1 N–H and O–H groups in total. The molecule has 5 heteroatoms. The first kappa shape index (κ1) is 17.7. The van der Waals surface area contributed by atoms with Gasteiger partial charge in [0.05, 0.1) is 13.7 Å². The van der Waals surface area contributed by atoms with Crippen molar-refractivity contribution in [2.75, 3.05) is 20.3 Å². The van der Waals surface area contributed by atoms with Crippen molar-refractivity contribution in [2.24, 2.45) is 0 Å². The highest BCUT2D eigenvalue weighted by Crippen LogP contribution is 2.08. The maximum absolute atomic E-state index is 11.2. The van der Waals surface area contributed by atoms with E-state index < -0.39 is 12.1 Å². The number of amides is 1. The Balaban J connectivity index is 3.21. The molecule has 0 aromatic rings. The highest BCUT2D eigenvalue weighted by molar-refractivity contribution is 5.77. The number of alkyl carbamates (subject to hydrolysis) is 1. The van der Waals surface area contributed by atoms with Crippen LogP contribution in [0.4, 0.5) is 4.79 Å². The Bertz CT molecular complexity index is 244. The van der Waals surface area contributed by atoms with Gasteiger partial charge in [-0.25, -0.2) is 4.79 Å². The molecule has 0 aliphatic carbocycles. The second-order valence-corrected chi connectivity index (χ2v) is 4.54. The topological polar surface area (TPSA) is 64.6 Å². The second-order valence-electron chi connectivity index (χ2n) is 4.54. The molecule has 19 heavy (non-hydrogen) atoms. The monoisotopic (exact) mass is 273 g/mol. The van der Waals surface area contributed by atoms with Crippen molar-refractivity contribution in [3.05, 3.63) is 0 Å². The molecular weight excluding hydrogens is 246 g/mol. The number of ether oxygens (including phenoxy) is 2. The summed E-state index contributed by atoms with van der Waals surface area (Å²) in [6.07, 6.45) is 9.03. The number of rotatable bonds is 11. The second kappa shape index (κ2) is 13.2. The first-order valence-electron chi connectivity index (χ1n) is 7.18. The molecule has 0 spiro atoms. The molecule has 0 radical (unpaired) electrons. The summed E-state index contributed by atoms with van der Waals surface area (Å²) in [7, 11) is 1.25. The van der Waals surface area contributed by atoms with Gasteiger partial charge in [0.25, 0.3) is 0 Å². The first-order chi connectivity index (χ1) is 9.20. The minimum Gasteiger partial charge on any atom is -0.464 e. The lowest BCUT2D eigenvalue weighted by atomic mass is 10.1. The lowest BCUT2D eigenvalue weighted by molar-refractivity contribution is -0.142. The van der Waals surface area contributed by atoms with E-state index >= 15 is 0 Å². The van der Waals surface area contributed by atoms with Gasteiger partial charge in [-0.05, 0) is 6.42 Å². The summed E-state index contributed by atoms with van der Waals surface area (Å²) in [5.41, 5.74) is 0. The van der Waals surface area contributed by atoms with Gasteiger partial charge >= 0.3 is 12.1 Å². The molecule has 0 rings (SSSR count). The molecule has 0 fully saturated rings. The van der Waals surface area contributed by atoms with Crippen LogP contribution in [-0.2, 0) is 14.3 Å². The van der Waals surface area contributed by atoms with E-state index in [9.17, 15) is 9.59 Å². The third-order valence-corrected chi connectivity index (χ3v) is 2.82. The fraction of sp³-hybridized carbons (Fsp3) is 0.857. The van der Waals surface area contributed by atoms with E-state index in [1.54, 1.807) is 0 Å². The van der Waals surface area contributed by atoms with Crippen LogP contribution in [0, 0.1) is 0 Å². The molecule has 0 unspecified atom stereocenters. The minimum absolute atomic E-state index is 0.135. The van der Waals surface area contributed by atoms with Crippen molar-refractivity contribution >= 4 is 12.1 Å². The molecule has 0 saturated heterocycles. The van der Waals surface area contributed by atoms with E-state index in [1.807, 2.05) is 0 Å². The Morgan fingerprint density at radius 1 is 0.947 bits per heavy atom. The molecule has 0 aliphatic rings. The number of esters is 1. The number of methoxy groups -OCH3 is 1. The standard InChI is InChI=1S/C14H27NO4/c1-3-4-5-6-7-8-9-10-11-19-13(16)12-15-14(17)18-2/h3-12H2,1-2H3,(H,15,17). The van der Waals surface area contributed by atoms with Gasteiger partial charge in [0, 0.05) is 0 Å². The zero-order chi connectivity index (χ0) is 14.3. The van der Waals surface area contributed by atoms with Crippen molar-refractivity contribution in [2.45, 2.75) is 58.3 Å². The zero-order valence-corrected chi connectivity index (χ0v) is 12.2. The molecule has 112 valence electrons.